The fourth-order valence-corrected chi connectivity index (χ4v) is 3.95. The lowest BCUT2D eigenvalue weighted by atomic mass is 10.0. The van der Waals surface area contributed by atoms with Crippen molar-refractivity contribution in [1.29, 1.82) is 0 Å². The fraction of sp³-hybridized carbons (Fsp3) is 0.0385. The molecule has 0 saturated carbocycles. The van der Waals surface area contributed by atoms with E-state index >= 15 is 0 Å². The van der Waals surface area contributed by atoms with Crippen LogP contribution in [-0.4, -0.2) is 36.6 Å². The van der Waals surface area contributed by atoms with Crippen LogP contribution in [0.1, 0.15) is 18.1 Å². The lowest BCUT2D eigenvalue weighted by Gasteiger charge is -2.08. The van der Waals surface area contributed by atoms with Crippen molar-refractivity contribution in [2.45, 2.75) is 6.92 Å². The zero-order chi connectivity index (χ0) is 25.2. The molecule has 0 aliphatic heterocycles. The van der Waals surface area contributed by atoms with Gasteiger partial charge in [0.2, 0.25) is 11.9 Å². The third kappa shape index (κ3) is 4.42. The number of fused-ring (bicyclic) bond motifs is 1. The minimum absolute atomic E-state index is 0.0913. The lowest BCUT2D eigenvalue weighted by molar-refractivity contribution is -0.384. The predicted molar refractivity (Wildman–Crippen MR) is 137 cm³/mol. The van der Waals surface area contributed by atoms with E-state index in [1.165, 1.54) is 19.1 Å². The van der Waals surface area contributed by atoms with Crippen LogP contribution in [0.2, 0.25) is 0 Å². The average Bonchev–Trinajstić information content (AvgIpc) is 3.46. The number of nitro groups is 1. The van der Waals surface area contributed by atoms with Gasteiger partial charge in [0.1, 0.15) is 0 Å². The third-order valence-electron chi connectivity index (χ3n) is 5.53. The summed E-state index contributed by atoms with van der Waals surface area (Å²) in [5, 5.41) is 25.3. The molecule has 0 fully saturated rings. The molecule has 0 atom stereocenters. The number of nitrogens with zero attached hydrogens (tertiary/aromatic N) is 3. The number of aromatic nitrogens is 3. The number of rotatable bonds is 6. The molecule has 3 aromatic carbocycles. The van der Waals surface area contributed by atoms with Crippen LogP contribution >= 0.6 is 0 Å². The van der Waals surface area contributed by atoms with Crippen molar-refractivity contribution in [1.82, 2.24) is 15.0 Å². The fourth-order valence-electron chi connectivity index (χ4n) is 3.95. The molecule has 0 aliphatic carbocycles. The van der Waals surface area contributed by atoms with Crippen molar-refractivity contribution in [3.05, 3.63) is 100 Å². The molecule has 0 spiro atoms. The van der Waals surface area contributed by atoms with Crippen LogP contribution in [-0.2, 0) is 4.79 Å². The number of non-ortho nitro benzene ring substituents is 1. The average molecular weight is 480 g/mol. The van der Waals surface area contributed by atoms with Crippen LogP contribution in [0.3, 0.4) is 0 Å². The zero-order valence-electron chi connectivity index (χ0n) is 19.0. The Morgan fingerprint density at radius 2 is 1.86 bits per heavy atom. The van der Waals surface area contributed by atoms with E-state index in [4.69, 9.17) is 4.99 Å². The molecule has 0 radical (unpaired) electrons. The molecule has 0 aliphatic rings. The summed E-state index contributed by atoms with van der Waals surface area (Å²) in [5.74, 6) is -0.0417. The van der Waals surface area contributed by atoms with E-state index < -0.39 is 4.92 Å². The number of benzene rings is 3. The van der Waals surface area contributed by atoms with E-state index in [1.54, 1.807) is 12.3 Å². The number of nitrogens with one attached hydrogen (secondary N) is 3. The molecule has 10 nitrogen and oxygen atoms in total. The minimum Gasteiger partial charge on any atom is -0.494 e. The van der Waals surface area contributed by atoms with Crippen molar-refractivity contribution in [3.63, 3.8) is 0 Å². The summed E-state index contributed by atoms with van der Waals surface area (Å²) < 4.78 is 0. The summed E-state index contributed by atoms with van der Waals surface area (Å²) in [6.45, 7) is 1.40. The highest BCUT2D eigenvalue weighted by atomic mass is 16.6. The van der Waals surface area contributed by atoms with Crippen molar-refractivity contribution >= 4 is 39.8 Å². The Morgan fingerprint density at radius 1 is 1.06 bits per heavy atom. The van der Waals surface area contributed by atoms with Gasteiger partial charge in [0, 0.05) is 41.1 Å². The summed E-state index contributed by atoms with van der Waals surface area (Å²) in [6, 6.07) is 21.0. The largest absolute Gasteiger partial charge is 0.494 e. The summed E-state index contributed by atoms with van der Waals surface area (Å²) in [7, 11) is 0. The molecule has 10 heteroatoms. The first-order valence-electron chi connectivity index (χ1n) is 11.0. The summed E-state index contributed by atoms with van der Waals surface area (Å²) in [4.78, 5) is 37.2. The maximum absolute atomic E-state index is 11.4. The number of aromatic hydroxyl groups is 1. The molecule has 178 valence electrons. The molecule has 0 saturated heterocycles. The van der Waals surface area contributed by atoms with Crippen LogP contribution in [0.25, 0.3) is 22.2 Å². The number of H-pyrrole nitrogens is 2. The molecule has 2 heterocycles. The first-order chi connectivity index (χ1) is 17.4. The molecular formula is C26H20N6O4. The maximum Gasteiger partial charge on any atom is 0.270 e. The van der Waals surface area contributed by atoms with Crippen LogP contribution in [0.5, 0.6) is 5.88 Å². The SMILES string of the molecule is CC(=O)Nc1ncc(-c2cccc(N=C(c3ccccc3)c3c(O)[nH]c4ccc([N+](=O)[O-])cc34)c2)[nH]1. The smallest absolute Gasteiger partial charge is 0.270 e. The number of carbonyl (C=O) groups is 1. The summed E-state index contributed by atoms with van der Waals surface area (Å²) >= 11 is 0. The number of carbonyl (C=O) groups excluding carboxylic acids is 1. The summed E-state index contributed by atoms with van der Waals surface area (Å²) in [5.41, 5.74) is 4.04. The molecule has 36 heavy (non-hydrogen) atoms. The van der Waals surface area contributed by atoms with E-state index in [9.17, 15) is 20.0 Å². The van der Waals surface area contributed by atoms with Crippen molar-refractivity contribution in [2.24, 2.45) is 4.99 Å². The van der Waals surface area contributed by atoms with Gasteiger partial charge in [-0.05, 0) is 18.2 Å². The second-order valence-electron chi connectivity index (χ2n) is 8.04. The number of amides is 1. The second-order valence-corrected chi connectivity index (χ2v) is 8.04. The van der Waals surface area contributed by atoms with Gasteiger partial charge in [-0.1, -0.05) is 42.5 Å². The van der Waals surface area contributed by atoms with Gasteiger partial charge in [-0.3, -0.25) is 20.2 Å². The van der Waals surface area contributed by atoms with Crippen molar-refractivity contribution in [3.8, 4) is 17.1 Å². The third-order valence-corrected chi connectivity index (χ3v) is 5.53. The molecule has 0 bridgehead atoms. The normalized spacial score (nSPS) is 11.5. The predicted octanol–water partition coefficient (Wildman–Crippen LogP) is 5.30. The molecule has 4 N–H and O–H groups in total. The number of imidazole rings is 1. The first kappa shape index (κ1) is 22.5. The number of hydrogen-bond donors (Lipinski definition) is 4. The number of aliphatic imine (C=N–C) groups is 1. The van der Waals surface area contributed by atoms with Crippen LogP contribution < -0.4 is 5.32 Å². The maximum atomic E-state index is 11.4. The highest BCUT2D eigenvalue weighted by Gasteiger charge is 2.21. The number of aromatic amines is 2. The molecular weight excluding hydrogens is 460 g/mol. The zero-order valence-corrected chi connectivity index (χ0v) is 19.0. The van der Waals surface area contributed by atoms with E-state index in [1.807, 2.05) is 54.6 Å². The van der Waals surface area contributed by atoms with Gasteiger partial charge in [0.25, 0.3) is 5.69 Å². The van der Waals surface area contributed by atoms with Gasteiger partial charge in [0.15, 0.2) is 5.88 Å². The van der Waals surface area contributed by atoms with Crippen LogP contribution in [0.15, 0.2) is 84.0 Å². The van der Waals surface area contributed by atoms with Gasteiger partial charge in [-0.15, -0.1) is 0 Å². The quantitative estimate of drug-likeness (QED) is 0.148. The Hall–Kier alpha value is -5.25. The van der Waals surface area contributed by atoms with Crippen molar-refractivity contribution < 1.29 is 14.8 Å². The number of nitro benzene ring substituents is 1. The Labute approximate surface area is 204 Å². The monoisotopic (exact) mass is 480 g/mol. The number of anilines is 1. The summed E-state index contributed by atoms with van der Waals surface area (Å²) in [6.07, 6.45) is 1.61. The highest BCUT2D eigenvalue weighted by Crippen LogP contribution is 2.34. The highest BCUT2D eigenvalue weighted by molar-refractivity contribution is 6.22. The lowest BCUT2D eigenvalue weighted by Crippen LogP contribution is -2.06. The Balaban J connectivity index is 1.65. The van der Waals surface area contributed by atoms with Gasteiger partial charge >= 0.3 is 0 Å². The van der Waals surface area contributed by atoms with Crippen LogP contribution in [0.4, 0.5) is 17.3 Å². The van der Waals surface area contributed by atoms with E-state index in [2.05, 4.69) is 20.3 Å². The number of hydrogen-bond acceptors (Lipinski definition) is 6. The van der Waals surface area contributed by atoms with Gasteiger partial charge in [-0.2, -0.15) is 0 Å². The van der Waals surface area contributed by atoms with E-state index in [0.717, 1.165) is 11.1 Å². The molecule has 5 rings (SSSR count). The van der Waals surface area contributed by atoms with Gasteiger partial charge < -0.3 is 15.1 Å². The molecule has 5 aromatic rings. The Kier molecular flexibility index (Phi) is 5.75. The minimum atomic E-state index is -0.476. The standard InChI is InChI=1S/C26H20N6O4/c1-15(33)28-26-27-14-22(31-26)17-8-5-9-18(12-17)29-24(16-6-3-2-4-7-16)23-20-13-19(32(35)36)10-11-21(20)30-25(23)34/h2-14,30,34H,1H3,(H2,27,28,31,33). The van der Waals surface area contributed by atoms with Crippen molar-refractivity contribution in [2.75, 3.05) is 5.32 Å². The molecule has 2 aromatic heterocycles. The Morgan fingerprint density at radius 3 is 2.61 bits per heavy atom. The Bertz CT molecular complexity index is 1640. The van der Waals surface area contributed by atoms with Gasteiger partial charge in [0.05, 0.1) is 33.8 Å². The van der Waals surface area contributed by atoms with E-state index in [-0.39, 0.29) is 17.5 Å². The van der Waals surface area contributed by atoms with E-state index in [0.29, 0.717) is 39.5 Å². The first-order valence-corrected chi connectivity index (χ1v) is 11.0. The molecule has 1 amide bonds. The van der Waals surface area contributed by atoms with Gasteiger partial charge in [-0.25, -0.2) is 9.98 Å². The molecule has 0 unspecified atom stereocenters. The van der Waals surface area contributed by atoms with Crippen LogP contribution in [0, 0.1) is 10.1 Å². The topological polar surface area (TPSA) is 149 Å². The second kappa shape index (κ2) is 9.18.